The highest BCUT2D eigenvalue weighted by Gasteiger charge is 2.31. The fourth-order valence-corrected chi connectivity index (χ4v) is 5.65. The second kappa shape index (κ2) is 17.7. The molecule has 4 N–H and O–H groups in total. The molecule has 2 heterocycles. The first-order valence-electron chi connectivity index (χ1n) is 16.9. The highest BCUT2D eigenvalue weighted by Crippen LogP contribution is 2.29. The van der Waals surface area contributed by atoms with Gasteiger partial charge in [0.05, 0.1) is 37.5 Å². The molecule has 0 fully saturated rings. The highest BCUT2D eigenvalue weighted by atomic mass is 16.5. The summed E-state index contributed by atoms with van der Waals surface area (Å²) in [5, 5.41) is 22.5. The summed E-state index contributed by atoms with van der Waals surface area (Å²) in [4.78, 5) is 43.6. The lowest BCUT2D eigenvalue weighted by atomic mass is 10.0. The number of nitrogens with zero attached hydrogens (tertiary/aromatic N) is 3. The summed E-state index contributed by atoms with van der Waals surface area (Å²) in [5.41, 5.74) is 2.24. The van der Waals surface area contributed by atoms with Gasteiger partial charge in [-0.05, 0) is 89.4 Å². The number of aliphatic hydroxyl groups excluding tert-OH is 1. The topological polar surface area (TPSA) is 168 Å². The van der Waals surface area contributed by atoms with Gasteiger partial charge in [0.1, 0.15) is 22.9 Å². The van der Waals surface area contributed by atoms with E-state index in [4.69, 9.17) is 18.7 Å². The van der Waals surface area contributed by atoms with E-state index in [9.17, 15) is 19.5 Å². The van der Waals surface area contributed by atoms with Crippen LogP contribution in [0.25, 0.3) is 0 Å². The minimum atomic E-state index is -0.556. The standard InChI is InChI=1S/C36H50N6O8/c1-22-19-42(23(2)21-43)34(44)30-18-28(37-35(45)39-33-25(4)40-50-26(33)5)13-16-31(30)49-24(3)10-8-9-17-48-32(22)20-41(6)36(46)38-27-11-14-29(47-7)15-12-27/h11-16,18,22-24,32,43H,8-10,17,19-21H2,1-7H3,(H,38,46)(H2,37,39,45)/t22-,23+,24-,32+/m1/s1. The van der Waals surface area contributed by atoms with Crippen molar-refractivity contribution in [1.82, 2.24) is 15.0 Å². The van der Waals surface area contributed by atoms with E-state index in [1.165, 1.54) is 0 Å². The van der Waals surface area contributed by atoms with Gasteiger partial charge < -0.3 is 49.6 Å². The first-order valence-corrected chi connectivity index (χ1v) is 16.9. The number of carbonyl (C=O) groups is 3. The summed E-state index contributed by atoms with van der Waals surface area (Å²) >= 11 is 0. The molecule has 50 heavy (non-hydrogen) atoms. The maximum absolute atomic E-state index is 14.4. The predicted octanol–water partition coefficient (Wildman–Crippen LogP) is 5.90. The van der Waals surface area contributed by atoms with Crippen LogP contribution in [0.1, 0.15) is 61.8 Å². The van der Waals surface area contributed by atoms with Crippen LogP contribution in [0.2, 0.25) is 0 Å². The molecular weight excluding hydrogens is 644 g/mol. The minimum Gasteiger partial charge on any atom is -0.497 e. The van der Waals surface area contributed by atoms with E-state index >= 15 is 0 Å². The lowest BCUT2D eigenvalue weighted by molar-refractivity contribution is -0.0115. The predicted molar refractivity (Wildman–Crippen MR) is 190 cm³/mol. The molecule has 1 aromatic heterocycles. The van der Waals surface area contributed by atoms with Crippen molar-refractivity contribution < 1.29 is 38.2 Å². The zero-order valence-corrected chi connectivity index (χ0v) is 29.9. The number of nitrogens with one attached hydrogen (secondary N) is 3. The number of likely N-dealkylation sites (N-methyl/N-ethyl adjacent to an activating group) is 1. The molecule has 0 aliphatic carbocycles. The number of benzene rings is 2. The van der Waals surface area contributed by atoms with Crippen molar-refractivity contribution in [3.63, 3.8) is 0 Å². The van der Waals surface area contributed by atoms with Crippen LogP contribution >= 0.6 is 0 Å². The van der Waals surface area contributed by atoms with Gasteiger partial charge in [-0.1, -0.05) is 12.1 Å². The Kier molecular flexibility index (Phi) is 13.5. The molecule has 1 aliphatic rings. The van der Waals surface area contributed by atoms with Crippen molar-refractivity contribution in [2.45, 2.75) is 72.1 Å². The lowest BCUT2D eigenvalue weighted by Gasteiger charge is -2.35. The molecule has 4 rings (SSSR count). The van der Waals surface area contributed by atoms with Crippen LogP contribution < -0.4 is 25.4 Å². The number of aromatic nitrogens is 1. The van der Waals surface area contributed by atoms with Crippen molar-refractivity contribution >= 4 is 35.0 Å². The van der Waals surface area contributed by atoms with Gasteiger partial charge >= 0.3 is 12.1 Å². The molecule has 0 spiro atoms. The quantitative estimate of drug-likeness (QED) is 0.224. The van der Waals surface area contributed by atoms with Gasteiger partial charge in [0.15, 0.2) is 5.76 Å². The SMILES string of the molecule is COc1ccc(NC(=O)N(C)C[C@@H]2OCCCC[C@@H](C)Oc3ccc(NC(=O)Nc4c(C)noc4C)cc3C(=O)N([C@@H](C)CO)C[C@H]2C)cc1. The number of hydrogen-bond acceptors (Lipinski definition) is 9. The number of urea groups is 2. The third-order valence-corrected chi connectivity index (χ3v) is 8.72. The normalized spacial score (nSPS) is 19.3. The average Bonchev–Trinajstić information content (AvgIpc) is 3.41. The molecule has 3 aromatic rings. The van der Waals surface area contributed by atoms with Crippen molar-refractivity contribution in [3.05, 3.63) is 59.5 Å². The molecule has 0 unspecified atom stereocenters. The molecule has 14 heteroatoms. The molecular formula is C36H50N6O8. The molecule has 14 nitrogen and oxygen atoms in total. The number of fused-ring (bicyclic) bond motifs is 1. The number of rotatable bonds is 8. The average molecular weight is 695 g/mol. The number of methoxy groups -OCH3 is 1. The molecule has 0 saturated heterocycles. The summed E-state index contributed by atoms with van der Waals surface area (Å²) in [6.45, 7) is 9.77. The summed E-state index contributed by atoms with van der Waals surface area (Å²) < 4.78 is 23.0. The van der Waals surface area contributed by atoms with Gasteiger partial charge in [-0.25, -0.2) is 9.59 Å². The molecule has 1 aliphatic heterocycles. The second-order valence-corrected chi connectivity index (χ2v) is 12.8. The Morgan fingerprint density at radius 3 is 2.46 bits per heavy atom. The Hall–Kier alpha value is -4.82. The number of anilines is 3. The third kappa shape index (κ3) is 10.1. The van der Waals surface area contributed by atoms with Crippen LogP contribution in [0.5, 0.6) is 11.5 Å². The Balaban J connectivity index is 1.57. The Labute approximate surface area is 293 Å². The number of hydrogen-bond donors (Lipinski definition) is 4. The van der Waals surface area contributed by atoms with Crippen LogP contribution in [0, 0.1) is 19.8 Å². The third-order valence-electron chi connectivity index (χ3n) is 8.72. The maximum atomic E-state index is 14.4. The second-order valence-electron chi connectivity index (χ2n) is 12.8. The van der Waals surface area contributed by atoms with E-state index < -0.39 is 18.2 Å². The molecule has 4 atom stereocenters. The largest absolute Gasteiger partial charge is 0.497 e. The van der Waals surface area contributed by atoms with Gasteiger partial charge in [0.25, 0.3) is 5.91 Å². The summed E-state index contributed by atoms with van der Waals surface area (Å²) in [5.74, 6) is 0.911. The van der Waals surface area contributed by atoms with Crippen LogP contribution in [-0.4, -0.2) is 96.7 Å². The maximum Gasteiger partial charge on any atom is 0.323 e. The Bertz CT molecular complexity index is 1580. The van der Waals surface area contributed by atoms with Crippen molar-refractivity contribution in [2.24, 2.45) is 5.92 Å². The molecule has 0 saturated carbocycles. The molecule has 5 amide bonds. The van der Waals surface area contributed by atoms with Crippen molar-refractivity contribution in [3.8, 4) is 11.5 Å². The number of aryl methyl sites for hydroxylation is 2. The zero-order chi connectivity index (χ0) is 36.4. The van der Waals surface area contributed by atoms with E-state index in [2.05, 4.69) is 21.1 Å². The Morgan fingerprint density at radius 2 is 1.80 bits per heavy atom. The lowest BCUT2D eigenvalue weighted by Crippen LogP contribution is -2.48. The van der Waals surface area contributed by atoms with Gasteiger partial charge in [0, 0.05) is 44.0 Å². The van der Waals surface area contributed by atoms with Crippen LogP contribution in [0.3, 0.4) is 0 Å². The number of amides is 5. The summed E-state index contributed by atoms with van der Waals surface area (Å²) in [6, 6.07) is 10.6. The monoisotopic (exact) mass is 694 g/mol. The first kappa shape index (κ1) is 38.0. The Morgan fingerprint density at radius 1 is 1.08 bits per heavy atom. The van der Waals surface area contributed by atoms with E-state index in [-0.39, 0.29) is 49.2 Å². The smallest absolute Gasteiger partial charge is 0.323 e. The highest BCUT2D eigenvalue weighted by molar-refractivity contribution is 6.03. The van der Waals surface area contributed by atoms with Crippen molar-refractivity contribution in [1.29, 1.82) is 0 Å². The number of ether oxygens (including phenoxy) is 3. The van der Waals surface area contributed by atoms with Crippen LogP contribution in [0.15, 0.2) is 47.0 Å². The summed E-state index contributed by atoms with van der Waals surface area (Å²) in [6.07, 6.45) is 1.70. The fraction of sp³-hybridized carbons (Fsp3) is 0.500. The molecule has 2 aromatic carbocycles. The first-order chi connectivity index (χ1) is 23.9. The van der Waals surface area contributed by atoms with Crippen LogP contribution in [0.4, 0.5) is 26.7 Å². The van der Waals surface area contributed by atoms with Gasteiger partial charge in [-0.15, -0.1) is 0 Å². The van der Waals surface area contributed by atoms with E-state index in [0.717, 1.165) is 19.3 Å². The van der Waals surface area contributed by atoms with Gasteiger partial charge in [-0.2, -0.15) is 0 Å². The van der Waals surface area contributed by atoms with E-state index in [1.54, 1.807) is 87.2 Å². The number of carbonyl (C=O) groups excluding carboxylic acids is 3. The number of aliphatic hydroxyl groups is 1. The van der Waals surface area contributed by atoms with Crippen LogP contribution in [-0.2, 0) is 4.74 Å². The van der Waals surface area contributed by atoms with Gasteiger partial charge in [0.2, 0.25) is 0 Å². The van der Waals surface area contributed by atoms with Crippen molar-refractivity contribution in [2.75, 3.05) is 56.4 Å². The van der Waals surface area contributed by atoms with Gasteiger partial charge in [-0.3, -0.25) is 4.79 Å². The fourth-order valence-electron chi connectivity index (χ4n) is 5.65. The van der Waals surface area contributed by atoms with E-state index in [1.807, 2.05) is 13.8 Å². The zero-order valence-electron chi connectivity index (χ0n) is 29.9. The van der Waals surface area contributed by atoms with E-state index in [0.29, 0.717) is 46.6 Å². The summed E-state index contributed by atoms with van der Waals surface area (Å²) in [7, 11) is 3.28. The minimum absolute atomic E-state index is 0.211. The molecule has 0 radical (unpaired) electrons. The molecule has 272 valence electrons. The molecule has 0 bridgehead atoms.